The van der Waals surface area contributed by atoms with Gasteiger partial charge in [0.2, 0.25) is 0 Å². The van der Waals surface area contributed by atoms with Crippen molar-refractivity contribution in [1.82, 2.24) is 15.3 Å². The third kappa shape index (κ3) is 3.61. The number of benzene rings is 1. The van der Waals surface area contributed by atoms with Gasteiger partial charge in [0.05, 0.1) is 6.33 Å². The van der Waals surface area contributed by atoms with Crippen molar-refractivity contribution in [2.75, 3.05) is 0 Å². The van der Waals surface area contributed by atoms with E-state index in [-0.39, 0.29) is 6.42 Å². The Morgan fingerprint density at radius 2 is 2.24 bits per heavy atom. The minimum atomic E-state index is -1.11. The number of carbonyl (C=O) groups is 2. The van der Waals surface area contributed by atoms with Crippen molar-refractivity contribution in [3.05, 3.63) is 52.6 Å². The topological polar surface area (TPSA) is 95.1 Å². The van der Waals surface area contributed by atoms with Crippen LogP contribution in [0.4, 0.5) is 0 Å². The molecule has 1 aromatic carbocycles. The fourth-order valence-electron chi connectivity index (χ4n) is 1.91. The average Bonchev–Trinajstić information content (AvgIpc) is 2.93. The Morgan fingerprint density at radius 1 is 1.48 bits per heavy atom. The highest BCUT2D eigenvalue weighted by Crippen LogP contribution is 2.18. The van der Waals surface area contributed by atoms with Gasteiger partial charge in [-0.25, -0.2) is 9.78 Å². The zero-order valence-corrected chi connectivity index (χ0v) is 12.0. The third-order valence-electron chi connectivity index (χ3n) is 3.09. The summed E-state index contributed by atoms with van der Waals surface area (Å²) in [6, 6.07) is 3.88. The van der Waals surface area contributed by atoms with Gasteiger partial charge >= 0.3 is 5.97 Å². The van der Waals surface area contributed by atoms with Crippen LogP contribution in [-0.2, 0) is 11.2 Å². The Hall–Kier alpha value is -2.34. The number of aromatic nitrogens is 2. The van der Waals surface area contributed by atoms with Crippen LogP contribution in [0.25, 0.3) is 0 Å². The van der Waals surface area contributed by atoms with E-state index in [1.807, 2.05) is 0 Å². The molecular formula is C14H14ClN3O3. The van der Waals surface area contributed by atoms with E-state index in [1.54, 1.807) is 25.1 Å². The summed E-state index contributed by atoms with van der Waals surface area (Å²) in [5.41, 5.74) is 1.60. The maximum atomic E-state index is 12.2. The maximum Gasteiger partial charge on any atom is 0.326 e. The molecule has 0 aliphatic carbocycles. The van der Waals surface area contributed by atoms with Crippen molar-refractivity contribution >= 4 is 23.5 Å². The molecule has 3 N–H and O–H groups in total. The molecule has 2 rings (SSSR count). The van der Waals surface area contributed by atoms with Crippen LogP contribution >= 0.6 is 11.6 Å². The molecule has 0 radical (unpaired) electrons. The van der Waals surface area contributed by atoms with E-state index in [4.69, 9.17) is 11.6 Å². The molecular weight excluding hydrogens is 294 g/mol. The first-order valence-corrected chi connectivity index (χ1v) is 6.63. The molecule has 0 saturated heterocycles. The summed E-state index contributed by atoms with van der Waals surface area (Å²) in [7, 11) is 0. The number of halogens is 1. The third-order valence-corrected chi connectivity index (χ3v) is 3.50. The quantitative estimate of drug-likeness (QED) is 0.785. The van der Waals surface area contributed by atoms with Crippen LogP contribution in [0.2, 0.25) is 5.02 Å². The molecule has 0 aliphatic heterocycles. The van der Waals surface area contributed by atoms with Crippen LogP contribution in [0.5, 0.6) is 0 Å². The molecule has 21 heavy (non-hydrogen) atoms. The molecule has 2 aromatic rings. The second kappa shape index (κ2) is 6.41. The number of rotatable bonds is 5. The molecule has 1 heterocycles. The molecule has 0 bridgehead atoms. The van der Waals surface area contributed by atoms with Crippen molar-refractivity contribution in [1.29, 1.82) is 0 Å². The summed E-state index contributed by atoms with van der Waals surface area (Å²) in [4.78, 5) is 30.1. The number of H-pyrrole nitrogens is 1. The number of carbonyl (C=O) groups excluding carboxylic acids is 1. The van der Waals surface area contributed by atoms with E-state index < -0.39 is 17.9 Å². The Bertz CT molecular complexity index is 655. The van der Waals surface area contributed by atoms with Gasteiger partial charge in [0.1, 0.15) is 6.04 Å². The molecule has 6 nitrogen and oxygen atoms in total. The summed E-state index contributed by atoms with van der Waals surface area (Å²) >= 11 is 5.96. The zero-order chi connectivity index (χ0) is 15.4. The SMILES string of the molecule is Cc1c(Cl)cccc1C(=O)N[C@@H](Cc1cnc[nH]1)C(=O)O. The van der Waals surface area contributed by atoms with E-state index in [9.17, 15) is 14.7 Å². The normalized spacial score (nSPS) is 11.9. The number of hydrogen-bond acceptors (Lipinski definition) is 3. The van der Waals surface area contributed by atoms with Gasteiger partial charge in [0.15, 0.2) is 0 Å². The number of aliphatic carboxylic acids is 1. The Balaban J connectivity index is 2.15. The van der Waals surface area contributed by atoms with E-state index in [0.29, 0.717) is 21.8 Å². The molecule has 0 saturated carbocycles. The molecule has 7 heteroatoms. The molecule has 1 aromatic heterocycles. The smallest absolute Gasteiger partial charge is 0.326 e. The molecule has 0 fully saturated rings. The number of amides is 1. The van der Waals surface area contributed by atoms with E-state index in [0.717, 1.165) is 0 Å². The van der Waals surface area contributed by atoms with Gasteiger partial charge in [0.25, 0.3) is 5.91 Å². The predicted molar refractivity (Wildman–Crippen MR) is 77.4 cm³/mol. The molecule has 1 amide bonds. The van der Waals surface area contributed by atoms with Crippen LogP contribution in [0.1, 0.15) is 21.6 Å². The largest absolute Gasteiger partial charge is 0.480 e. The molecule has 110 valence electrons. The van der Waals surface area contributed by atoms with E-state index in [2.05, 4.69) is 15.3 Å². The Labute approximate surface area is 126 Å². The first kappa shape index (κ1) is 15.1. The first-order chi connectivity index (χ1) is 9.99. The van der Waals surface area contributed by atoms with Gasteiger partial charge < -0.3 is 15.4 Å². The van der Waals surface area contributed by atoms with Gasteiger partial charge in [-0.1, -0.05) is 17.7 Å². The number of nitrogens with zero attached hydrogens (tertiary/aromatic N) is 1. The second-order valence-corrected chi connectivity index (χ2v) is 4.96. The maximum absolute atomic E-state index is 12.2. The van der Waals surface area contributed by atoms with Gasteiger partial charge in [-0.2, -0.15) is 0 Å². The summed E-state index contributed by atoms with van der Waals surface area (Å²) in [6.07, 6.45) is 3.10. The summed E-state index contributed by atoms with van der Waals surface area (Å²) in [6.45, 7) is 1.71. The second-order valence-electron chi connectivity index (χ2n) is 4.56. The van der Waals surface area contributed by atoms with Crippen molar-refractivity contribution in [3.63, 3.8) is 0 Å². The number of carboxylic acids is 1. The lowest BCUT2D eigenvalue weighted by molar-refractivity contribution is -0.139. The van der Waals surface area contributed by atoms with Crippen LogP contribution in [-0.4, -0.2) is 33.0 Å². The fraction of sp³-hybridized carbons (Fsp3) is 0.214. The van der Waals surface area contributed by atoms with E-state index >= 15 is 0 Å². The number of aromatic amines is 1. The van der Waals surface area contributed by atoms with Crippen molar-refractivity contribution in [2.45, 2.75) is 19.4 Å². The zero-order valence-electron chi connectivity index (χ0n) is 11.3. The van der Waals surface area contributed by atoms with Crippen LogP contribution in [0.15, 0.2) is 30.7 Å². The molecule has 0 unspecified atom stereocenters. The van der Waals surface area contributed by atoms with Crippen LogP contribution in [0.3, 0.4) is 0 Å². The van der Waals surface area contributed by atoms with Gasteiger partial charge in [-0.05, 0) is 24.6 Å². The summed E-state index contributed by atoms with van der Waals surface area (Å²) in [5.74, 6) is -1.58. The lowest BCUT2D eigenvalue weighted by Gasteiger charge is -2.15. The van der Waals surface area contributed by atoms with Crippen LogP contribution in [0, 0.1) is 6.92 Å². The average molecular weight is 308 g/mol. The highest BCUT2D eigenvalue weighted by molar-refractivity contribution is 6.31. The Morgan fingerprint density at radius 3 is 2.86 bits per heavy atom. The lowest BCUT2D eigenvalue weighted by atomic mass is 10.1. The summed E-state index contributed by atoms with van der Waals surface area (Å²) in [5, 5.41) is 12.2. The monoisotopic (exact) mass is 307 g/mol. The number of nitrogens with one attached hydrogen (secondary N) is 2. The van der Waals surface area contributed by atoms with Crippen molar-refractivity contribution in [2.24, 2.45) is 0 Å². The number of imidazole rings is 1. The number of carboxylic acid groups (broad SMARTS) is 1. The first-order valence-electron chi connectivity index (χ1n) is 6.25. The minimum absolute atomic E-state index is 0.126. The highest BCUT2D eigenvalue weighted by Gasteiger charge is 2.22. The van der Waals surface area contributed by atoms with Crippen LogP contribution < -0.4 is 5.32 Å². The molecule has 0 aliphatic rings. The lowest BCUT2D eigenvalue weighted by Crippen LogP contribution is -2.42. The van der Waals surface area contributed by atoms with Gasteiger partial charge in [-0.3, -0.25) is 4.79 Å². The number of hydrogen-bond donors (Lipinski definition) is 3. The minimum Gasteiger partial charge on any atom is -0.480 e. The summed E-state index contributed by atoms with van der Waals surface area (Å²) < 4.78 is 0. The Kier molecular flexibility index (Phi) is 4.59. The van der Waals surface area contributed by atoms with Gasteiger partial charge in [-0.15, -0.1) is 0 Å². The van der Waals surface area contributed by atoms with Crippen molar-refractivity contribution in [3.8, 4) is 0 Å². The standard InChI is InChI=1S/C14H14ClN3O3/c1-8-10(3-2-4-11(8)15)13(19)18-12(14(20)21)5-9-6-16-7-17-9/h2-4,6-7,12H,5H2,1H3,(H,16,17)(H,18,19)(H,20,21)/t12-/m0/s1. The highest BCUT2D eigenvalue weighted by atomic mass is 35.5. The van der Waals surface area contributed by atoms with E-state index in [1.165, 1.54) is 12.5 Å². The van der Waals surface area contributed by atoms with Gasteiger partial charge in [0, 0.05) is 28.9 Å². The van der Waals surface area contributed by atoms with Crippen molar-refractivity contribution < 1.29 is 14.7 Å². The predicted octanol–water partition coefficient (Wildman–Crippen LogP) is 1.80. The fourth-order valence-corrected chi connectivity index (χ4v) is 2.08. The molecule has 1 atom stereocenters. The molecule has 0 spiro atoms.